The summed E-state index contributed by atoms with van der Waals surface area (Å²) in [5, 5.41) is 1.38. The van der Waals surface area contributed by atoms with Gasteiger partial charge in [-0.15, -0.1) is 0 Å². The summed E-state index contributed by atoms with van der Waals surface area (Å²) in [5.74, 6) is 0. The molecule has 2 heteroatoms. The molecular formula is C45H44N2. The second kappa shape index (κ2) is 14.1. The van der Waals surface area contributed by atoms with Crippen LogP contribution in [0.25, 0.3) is 22.2 Å². The van der Waals surface area contributed by atoms with Crippen molar-refractivity contribution in [2.24, 2.45) is 0 Å². The summed E-state index contributed by atoms with van der Waals surface area (Å²) >= 11 is 0. The van der Waals surface area contributed by atoms with E-state index in [0.29, 0.717) is 12.1 Å². The Bertz CT molecular complexity index is 2000. The first-order chi connectivity index (χ1) is 23.2. The van der Waals surface area contributed by atoms with Crippen LogP contribution in [-0.4, -0.2) is 16.7 Å². The monoisotopic (exact) mass is 612 g/mol. The molecule has 1 aliphatic carbocycles. The van der Waals surface area contributed by atoms with Gasteiger partial charge in [0.15, 0.2) is 0 Å². The highest BCUT2D eigenvalue weighted by atomic mass is 15.2. The first-order valence-electron chi connectivity index (χ1n) is 17.2. The van der Waals surface area contributed by atoms with E-state index in [2.05, 4.69) is 181 Å². The molecule has 0 N–H and O–H groups in total. The molecular weight excluding hydrogens is 569 g/mol. The van der Waals surface area contributed by atoms with Crippen LogP contribution in [0.5, 0.6) is 0 Å². The van der Waals surface area contributed by atoms with Crippen molar-refractivity contribution in [3.05, 3.63) is 186 Å². The van der Waals surface area contributed by atoms with E-state index >= 15 is 0 Å². The van der Waals surface area contributed by atoms with Gasteiger partial charge in [0.05, 0.1) is 5.52 Å². The Morgan fingerprint density at radius 1 is 0.809 bits per heavy atom. The summed E-state index contributed by atoms with van der Waals surface area (Å²) in [4.78, 5) is 2.65. The number of benzene rings is 4. The Labute approximate surface area is 280 Å². The minimum atomic E-state index is 0.292. The third kappa shape index (κ3) is 6.46. The maximum absolute atomic E-state index is 2.65. The van der Waals surface area contributed by atoms with Crippen LogP contribution >= 0.6 is 0 Å². The van der Waals surface area contributed by atoms with E-state index in [1.54, 1.807) is 0 Å². The van der Waals surface area contributed by atoms with Crippen LogP contribution in [0.15, 0.2) is 158 Å². The van der Waals surface area contributed by atoms with Crippen LogP contribution in [0, 0.1) is 0 Å². The zero-order valence-electron chi connectivity index (χ0n) is 27.6. The number of allylic oxidation sites excluding steroid dienone is 8. The molecule has 0 amide bonds. The van der Waals surface area contributed by atoms with E-state index < -0.39 is 0 Å². The van der Waals surface area contributed by atoms with Gasteiger partial charge in [0.2, 0.25) is 0 Å². The number of hydrogen-bond acceptors (Lipinski definition) is 1. The fourth-order valence-electron chi connectivity index (χ4n) is 7.47. The molecule has 0 bridgehead atoms. The van der Waals surface area contributed by atoms with E-state index in [-0.39, 0.29) is 0 Å². The van der Waals surface area contributed by atoms with Gasteiger partial charge in [0, 0.05) is 41.0 Å². The van der Waals surface area contributed by atoms with Crippen LogP contribution < -0.4 is 4.90 Å². The lowest BCUT2D eigenvalue weighted by Gasteiger charge is -2.38. The fourth-order valence-corrected chi connectivity index (χ4v) is 7.47. The van der Waals surface area contributed by atoms with Crippen LogP contribution in [0.3, 0.4) is 0 Å². The molecule has 0 fully saturated rings. The van der Waals surface area contributed by atoms with Crippen LogP contribution in [0.2, 0.25) is 0 Å². The van der Waals surface area contributed by atoms with Crippen molar-refractivity contribution in [3.63, 3.8) is 0 Å². The third-order valence-corrected chi connectivity index (χ3v) is 9.67. The number of fused-ring (bicyclic) bond motifs is 4. The van der Waals surface area contributed by atoms with Crippen molar-refractivity contribution in [1.82, 2.24) is 4.57 Å². The number of anilines is 1. The Morgan fingerprint density at radius 2 is 1.64 bits per heavy atom. The number of para-hydroxylation sites is 2. The average Bonchev–Trinajstić information content (AvgIpc) is 3.43. The van der Waals surface area contributed by atoms with Gasteiger partial charge in [0.1, 0.15) is 0 Å². The van der Waals surface area contributed by atoms with E-state index in [1.807, 2.05) is 0 Å². The molecule has 2 unspecified atom stereocenters. The Kier molecular flexibility index (Phi) is 9.19. The molecule has 0 spiro atoms. The minimum absolute atomic E-state index is 0.292. The molecule has 1 aliphatic heterocycles. The molecule has 1 aromatic heterocycles. The highest BCUT2D eigenvalue weighted by molar-refractivity contribution is 5.87. The zero-order valence-corrected chi connectivity index (χ0v) is 27.6. The normalized spacial score (nSPS) is 20.4. The molecule has 0 saturated carbocycles. The largest absolute Gasteiger partial charge is 0.359 e. The predicted octanol–water partition coefficient (Wildman–Crippen LogP) is 10.8. The lowest BCUT2D eigenvalue weighted by atomic mass is 9.95. The van der Waals surface area contributed by atoms with Crippen LogP contribution in [0.4, 0.5) is 5.69 Å². The van der Waals surface area contributed by atoms with Gasteiger partial charge in [-0.05, 0) is 91.6 Å². The summed E-state index contributed by atoms with van der Waals surface area (Å²) in [7, 11) is 0. The quantitative estimate of drug-likeness (QED) is 0.137. The Morgan fingerprint density at radius 3 is 2.53 bits per heavy atom. The minimum Gasteiger partial charge on any atom is -0.359 e. The maximum atomic E-state index is 2.65. The van der Waals surface area contributed by atoms with Crippen LogP contribution in [0.1, 0.15) is 48.2 Å². The zero-order chi connectivity index (χ0) is 32.0. The summed E-state index contributed by atoms with van der Waals surface area (Å²) < 4.78 is 2.53. The van der Waals surface area contributed by atoms with E-state index in [0.717, 1.165) is 32.1 Å². The number of aromatic nitrogens is 1. The SMILES string of the molecule is C/C=C\C(=C/Cc1cccc(-n2c3c(c4ccccc42)CCC(N2c4ccccc4C/C=C\C=C/C2C)/C=C\C3)c1)c1ccccc1. The summed E-state index contributed by atoms with van der Waals surface area (Å²) in [6.45, 7) is 4.42. The summed E-state index contributed by atoms with van der Waals surface area (Å²) in [5.41, 5.74) is 12.0. The number of rotatable bonds is 6. The number of hydrogen-bond donors (Lipinski definition) is 0. The molecule has 2 heterocycles. The first kappa shape index (κ1) is 30.6. The lowest BCUT2D eigenvalue weighted by molar-refractivity contribution is 0.597. The molecule has 0 radical (unpaired) electrons. The highest BCUT2D eigenvalue weighted by Gasteiger charge is 2.26. The molecule has 2 atom stereocenters. The number of nitrogens with zero attached hydrogens (tertiary/aromatic N) is 2. The standard InChI is InChI=1S/C45H44N2/c1-3-16-36(37-19-7-5-8-20-37)30-29-35-18-14-24-40(33-35)47-44-27-13-11-25-41(44)42-32-31-39(23-15-28-45(42)47)46-34(2)17-6-4-9-21-38-22-10-12-26-43(38)46/h3-20,22-27,30,33-34,39H,21,28-29,31-32H2,1-2H3/b9-4-,16-3-,17-6-,23-15-,36-30+. The second-order valence-electron chi connectivity index (χ2n) is 12.7. The molecule has 2 aliphatic rings. The van der Waals surface area contributed by atoms with Crippen molar-refractivity contribution in [2.75, 3.05) is 4.90 Å². The van der Waals surface area contributed by atoms with Gasteiger partial charge >= 0.3 is 0 Å². The molecule has 234 valence electrons. The van der Waals surface area contributed by atoms with Gasteiger partial charge in [-0.2, -0.15) is 0 Å². The molecule has 7 rings (SSSR count). The van der Waals surface area contributed by atoms with Crippen molar-refractivity contribution in [1.29, 1.82) is 0 Å². The van der Waals surface area contributed by atoms with Gasteiger partial charge in [-0.1, -0.05) is 134 Å². The van der Waals surface area contributed by atoms with Crippen molar-refractivity contribution < 1.29 is 0 Å². The molecule has 2 nitrogen and oxygen atoms in total. The molecule has 0 saturated heterocycles. The molecule has 5 aromatic rings. The smallest absolute Gasteiger partial charge is 0.0534 e. The van der Waals surface area contributed by atoms with Gasteiger partial charge in [-0.25, -0.2) is 0 Å². The third-order valence-electron chi connectivity index (χ3n) is 9.67. The van der Waals surface area contributed by atoms with Crippen molar-refractivity contribution in [2.45, 2.75) is 58.0 Å². The van der Waals surface area contributed by atoms with Gasteiger partial charge in [0.25, 0.3) is 0 Å². The van der Waals surface area contributed by atoms with E-state index in [4.69, 9.17) is 0 Å². The average molecular weight is 613 g/mol. The molecule has 4 aromatic carbocycles. The Hall–Kier alpha value is -5.08. The first-order valence-corrected chi connectivity index (χ1v) is 17.2. The van der Waals surface area contributed by atoms with E-state index in [1.165, 1.54) is 55.8 Å². The summed E-state index contributed by atoms with van der Waals surface area (Å²) in [6.07, 6.45) is 25.5. The second-order valence-corrected chi connectivity index (χ2v) is 12.7. The van der Waals surface area contributed by atoms with E-state index in [9.17, 15) is 0 Å². The van der Waals surface area contributed by atoms with Gasteiger partial charge in [-0.3, -0.25) is 0 Å². The Balaban J connectivity index is 1.23. The number of aryl methyl sites for hydroxylation is 1. The van der Waals surface area contributed by atoms with Crippen LogP contribution in [-0.2, 0) is 25.7 Å². The van der Waals surface area contributed by atoms with Crippen molar-refractivity contribution >= 4 is 22.2 Å². The van der Waals surface area contributed by atoms with Crippen molar-refractivity contribution in [3.8, 4) is 5.69 Å². The van der Waals surface area contributed by atoms with Gasteiger partial charge < -0.3 is 9.47 Å². The summed E-state index contributed by atoms with van der Waals surface area (Å²) in [6, 6.07) is 38.4. The highest BCUT2D eigenvalue weighted by Crippen LogP contribution is 2.35. The fraction of sp³-hybridized carbons (Fsp3) is 0.200. The predicted molar refractivity (Wildman–Crippen MR) is 202 cm³/mol. The lowest BCUT2D eigenvalue weighted by Crippen LogP contribution is -2.41. The maximum Gasteiger partial charge on any atom is 0.0534 e. The topological polar surface area (TPSA) is 8.17 Å². The molecule has 47 heavy (non-hydrogen) atoms.